The fourth-order valence-electron chi connectivity index (χ4n) is 1.54. The maximum atomic E-state index is 11.7. The van der Waals surface area contributed by atoms with E-state index in [1.54, 1.807) is 6.92 Å². The highest BCUT2D eigenvalue weighted by Crippen LogP contribution is 2.23. The first-order chi connectivity index (χ1) is 7.19. The summed E-state index contributed by atoms with van der Waals surface area (Å²) in [6.45, 7) is 1.75. The third-order valence-electron chi connectivity index (χ3n) is 2.36. The van der Waals surface area contributed by atoms with E-state index in [2.05, 4.69) is 10.4 Å². The third kappa shape index (κ3) is 1.21. The molecule has 0 bridgehead atoms. The molecule has 1 atom stereocenters. The Kier molecular flexibility index (Phi) is 2.01. The monoisotopic (exact) mass is 204 g/mol. The van der Waals surface area contributed by atoms with E-state index >= 15 is 0 Å². The summed E-state index contributed by atoms with van der Waals surface area (Å²) in [5.74, 6) is -1.27. The molecule has 0 spiro atoms. The van der Waals surface area contributed by atoms with E-state index in [9.17, 15) is 9.59 Å². The highest BCUT2D eigenvalue weighted by atomic mass is 16.2. The molecule has 0 saturated carbocycles. The Balaban J connectivity index is 2.53. The van der Waals surface area contributed by atoms with Gasteiger partial charge in [-0.25, -0.2) is 0 Å². The molecule has 1 aromatic rings. The normalized spacial score (nSPS) is 19.3. The second-order valence-corrected chi connectivity index (χ2v) is 3.22. The van der Waals surface area contributed by atoms with Gasteiger partial charge in [-0.15, -0.1) is 0 Å². The minimum Gasteiger partial charge on any atom is -0.309 e. The van der Waals surface area contributed by atoms with Crippen LogP contribution in [0.15, 0.2) is 6.20 Å². The summed E-state index contributed by atoms with van der Waals surface area (Å²) in [4.78, 5) is 23.2. The SMILES string of the molecule is CCC1C(=O)Nc2c(C#N)cnn2C1=O. The maximum Gasteiger partial charge on any atom is 0.261 e. The van der Waals surface area contributed by atoms with Crippen LogP contribution >= 0.6 is 0 Å². The van der Waals surface area contributed by atoms with Crippen LogP contribution < -0.4 is 5.32 Å². The van der Waals surface area contributed by atoms with Crippen LogP contribution in [0, 0.1) is 17.2 Å². The Labute approximate surface area is 85.5 Å². The van der Waals surface area contributed by atoms with E-state index in [4.69, 9.17) is 5.26 Å². The summed E-state index contributed by atoms with van der Waals surface area (Å²) in [7, 11) is 0. The number of carbonyl (C=O) groups is 2. The zero-order valence-electron chi connectivity index (χ0n) is 8.02. The molecule has 6 nitrogen and oxygen atoms in total. The second-order valence-electron chi connectivity index (χ2n) is 3.22. The average molecular weight is 204 g/mol. The number of amides is 1. The number of hydrogen-bond donors (Lipinski definition) is 1. The number of anilines is 1. The van der Waals surface area contributed by atoms with Gasteiger partial charge in [0, 0.05) is 0 Å². The van der Waals surface area contributed by atoms with Gasteiger partial charge in [-0.05, 0) is 6.42 Å². The van der Waals surface area contributed by atoms with E-state index in [1.807, 2.05) is 6.07 Å². The first kappa shape index (κ1) is 9.40. The largest absolute Gasteiger partial charge is 0.309 e. The predicted molar refractivity (Wildman–Crippen MR) is 50.0 cm³/mol. The summed E-state index contributed by atoms with van der Waals surface area (Å²) in [5.41, 5.74) is 0.200. The summed E-state index contributed by atoms with van der Waals surface area (Å²) >= 11 is 0. The van der Waals surface area contributed by atoms with Gasteiger partial charge >= 0.3 is 0 Å². The zero-order valence-corrected chi connectivity index (χ0v) is 8.02. The summed E-state index contributed by atoms with van der Waals surface area (Å²) in [5, 5.41) is 15.0. The molecule has 2 rings (SSSR count). The molecule has 0 saturated heterocycles. The van der Waals surface area contributed by atoms with Crippen molar-refractivity contribution < 1.29 is 9.59 Å². The smallest absolute Gasteiger partial charge is 0.261 e. The van der Waals surface area contributed by atoms with Crippen molar-refractivity contribution in [2.24, 2.45) is 5.92 Å². The van der Waals surface area contributed by atoms with Crippen molar-refractivity contribution in [3.05, 3.63) is 11.8 Å². The van der Waals surface area contributed by atoms with E-state index in [0.717, 1.165) is 4.68 Å². The minimum atomic E-state index is -0.705. The number of fused-ring (bicyclic) bond motifs is 1. The summed E-state index contributed by atoms with van der Waals surface area (Å²) < 4.78 is 1.08. The number of nitrogens with zero attached hydrogens (tertiary/aromatic N) is 3. The molecule has 1 unspecified atom stereocenters. The van der Waals surface area contributed by atoms with Crippen LogP contribution in [-0.4, -0.2) is 21.6 Å². The predicted octanol–water partition coefficient (Wildman–Crippen LogP) is 0.373. The Morgan fingerprint density at radius 1 is 1.67 bits per heavy atom. The lowest BCUT2D eigenvalue weighted by molar-refractivity contribution is -0.119. The van der Waals surface area contributed by atoms with Crippen LogP contribution in [0.4, 0.5) is 5.82 Å². The highest BCUT2D eigenvalue weighted by Gasteiger charge is 2.34. The van der Waals surface area contributed by atoms with Crippen molar-refractivity contribution in [3.8, 4) is 6.07 Å². The number of nitrogens with one attached hydrogen (secondary N) is 1. The van der Waals surface area contributed by atoms with E-state index in [0.29, 0.717) is 6.42 Å². The van der Waals surface area contributed by atoms with Crippen LogP contribution in [0.5, 0.6) is 0 Å². The lowest BCUT2D eigenvalue weighted by Gasteiger charge is -2.20. The lowest BCUT2D eigenvalue weighted by Crippen LogP contribution is -2.39. The molecule has 1 amide bonds. The standard InChI is InChI=1S/C9H8N4O2/c1-2-6-8(14)12-7-5(3-10)4-11-13(7)9(6)15/h4,6H,2H2,1H3,(H,12,14). The molecular weight excluding hydrogens is 196 g/mol. The van der Waals surface area contributed by atoms with Gasteiger partial charge in [-0.2, -0.15) is 15.0 Å². The molecule has 1 aliphatic rings. The Morgan fingerprint density at radius 3 is 3.00 bits per heavy atom. The van der Waals surface area contributed by atoms with Crippen LogP contribution in [-0.2, 0) is 4.79 Å². The second kappa shape index (κ2) is 3.20. The molecule has 76 valence electrons. The van der Waals surface area contributed by atoms with Gasteiger partial charge in [-0.3, -0.25) is 9.59 Å². The van der Waals surface area contributed by atoms with Gasteiger partial charge in [0.2, 0.25) is 5.91 Å². The van der Waals surface area contributed by atoms with Crippen molar-refractivity contribution >= 4 is 17.6 Å². The van der Waals surface area contributed by atoms with Crippen molar-refractivity contribution in [2.75, 3.05) is 5.32 Å². The molecule has 1 aromatic heterocycles. The number of aromatic nitrogens is 2. The maximum absolute atomic E-state index is 11.7. The van der Waals surface area contributed by atoms with Gasteiger partial charge in [0.1, 0.15) is 17.6 Å². The van der Waals surface area contributed by atoms with Crippen LogP contribution in [0.3, 0.4) is 0 Å². The molecule has 2 heterocycles. The number of hydrogen-bond acceptors (Lipinski definition) is 4. The molecule has 1 N–H and O–H groups in total. The Bertz CT molecular complexity index is 483. The number of carbonyl (C=O) groups excluding carboxylic acids is 2. The minimum absolute atomic E-state index is 0.178. The van der Waals surface area contributed by atoms with E-state index < -0.39 is 5.92 Å². The number of rotatable bonds is 1. The Hall–Kier alpha value is -2.16. The topological polar surface area (TPSA) is 87.8 Å². The molecule has 1 aliphatic heterocycles. The van der Waals surface area contributed by atoms with Crippen LogP contribution in [0.25, 0.3) is 0 Å². The summed E-state index contributed by atoms with van der Waals surface area (Å²) in [6, 6.07) is 1.86. The molecule has 0 fully saturated rings. The van der Waals surface area contributed by atoms with E-state index in [-0.39, 0.29) is 23.2 Å². The Morgan fingerprint density at radius 2 is 2.40 bits per heavy atom. The van der Waals surface area contributed by atoms with Gasteiger partial charge in [-0.1, -0.05) is 6.92 Å². The van der Waals surface area contributed by atoms with Crippen LogP contribution in [0.2, 0.25) is 0 Å². The van der Waals surface area contributed by atoms with Crippen molar-refractivity contribution in [2.45, 2.75) is 13.3 Å². The van der Waals surface area contributed by atoms with Crippen molar-refractivity contribution in [3.63, 3.8) is 0 Å². The quantitative estimate of drug-likeness (QED) is 0.669. The van der Waals surface area contributed by atoms with Gasteiger partial charge in [0.15, 0.2) is 5.82 Å². The fraction of sp³-hybridized carbons (Fsp3) is 0.333. The van der Waals surface area contributed by atoms with Gasteiger partial charge in [0.25, 0.3) is 5.91 Å². The van der Waals surface area contributed by atoms with Crippen molar-refractivity contribution in [1.29, 1.82) is 5.26 Å². The average Bonchev–Trinajstić information content (AvgIpc) is 2.61. The van der Waals surface area contributed by atoms with E-state index in [1.165, 1.54) is 6.20 Å². The summed E-state index contributed by atoms with van der Waals surface area (Å²) in [6.07, 6.45) is 1.69. The number of nitriles is 1. The van der Waals surface area contributed by atoms with Gasteiger partial charge < -0.3 is 5.32 Å². The highest BCUT2D eigenvalue weighted by molar-refractivity contribution is 6.11. The molecule has 6 heteroatoms. The first-order valence-corrected chi connectivity index (χ1v) is 4.52. The zero-order chi connectivity index (χ0) is 11.0. The lowest BCUT2D eigenvalue weighted by atomic mass is 10.0. The first-order valence-electron chi connectivity index (χ1n) is 4.52. The third-order valence-corrected chi connectivity index (χ3v) is 2.36. The molecular formula is C9H8N4O2. The molecule has 15 heavy (non-hydrogen) atoms. The van der Waals surface area contributed by atoms with Crippen LogP contribution in [0.1, 0.15) is 23.7 Å². The van der Waals surface area contributed by atoms with Gasteiger partial charge in [0.05, 0.1) is 6.20 Å². The fourth-order valence-corrected chi connectivity index (χ4v) is 1.54. The molecule has 0 aromatic carbocycles. The molecule has 0 radical (unpaired) electrons. The van der Waals surface area contributed by atoms with Crippen molar-refractivity contribution in [1.82, 2.24) is 9.78 Å². The molecule has 0 aliphatic carbocycles.